The summed E-state index contributed by atoms with van der Waals surface area (Å²) in [5, 5.41) is 3.74. The van der Waals surface area contributed by atoms with Gasteiger partial charge in [0.15, 0.2) is 0 Å². The minimum Gasteiger partial charge on any atom is -0.444 e. The van der Waals surface area contributed by atoms with E-state index in [9.17, 15) is 4.79 Å². The second-order valence-corrected chi connectivity index (χ2v) is 7.70. The van der Waals surface area contributed by atoms with Crippen molar-refractivity contribution in [3.05, 3.63) is 29.3 Å². The van der Waals surface area contributed by atoms with E-state index < -0.39 is 5.60 Å². The number of hydrogen-bond acceptors (Lipinski definition) is 3. The van der Waals surface area contributed by atoms with Crippen molar-refractivity contribution >= 4 is 11.8 Å². The van der Waals surface area contributed by atoms with Gasteiger partial charge >= 0.3 is 6.09 Å². The maximum Gasteiger partial charge on any atom is 0.410 e. The first-order chi connectivity index (χ1) is 11.3. The highest BCUT2D eigenvalue weighted by Gasteiger charge is 2.25. The summed E-state index contributed by atoms with van der Waals surface area (Å²) in [7, 11) is 0. The SMILES string of the molecule is CCc1cccc(C)c1NC1CCCN(C(=O)OC(C)(C)C)CC1. The van der Waals surface area contributed by atoms with Gasteiger partial charge in [0.05, 0.1) is 0 Å². The summed E-state index contributed by atoms with van der Waals surface area (Å²) in [6.45, 7) is 11.6. The van der Waals surface area contributed by atoms with Crippen LogP contribution in [0.3, 0.4) is 0 Å². The highest BCUT2D eigenvalue weighted by atomic mass is 16.6. The van der Waals surface area contributed by atoms with E-state index in [4.69, 9.17) is 4.74 Å². The molecule has 0 spiro atoms. The molecule has 0 aliphatic carbocycles. The van der Waals surface area contributed by atoms with Crippen molar-refractivity contribution < 1.29 is 9.53 Å². The van der Waals surface area contributed by atoms with Gasteiger partial charge in [0, 0.05) is 24.8 Å². The molecule has 1 aromatic rings. The molecule has 1 N–H and O–H groups in total. The van der Waals surface area contributed by atoms with Crippen molar-refractivity contribution in [3.63, 3.8) is 0 Å². The van der Waals surface area contributed by atoms with Gasteiger partial charge in [-0.25, -0.2) is 4.79 Å². The van der Waals surface area contributed by atoms with E-state index in [-0.39, 0.29) is 6.09 Å². The number of aryl methyl sites for hydroxylation is 2. The van der Waals surface area contributed by atoms with Crippen molar-refractivity contribution in [2.24, 2.45) is 0 Å². The van der Waals surface area contributed by atoms with Crippen molar-refractivity contribution in [1.29, 1.82) is 0 Å². The minimum atomic E-state index is -0.432. The first kappa shape index (κ1) is 18.6. The normalized spacial score (nSPS) is 18.9. The molecule has 4 nitrogen and oxygen atoms in total. The molecule has 0 bridgehead atoms. The molecule has 1 saturated heterocycles. The molecule has 1 aliphatic rings. The first-order valence-corrected chi connectivity index (χ1v) is 9.13. The van der Waals surface area contributed by atoms with Gasteiger partial charge in [-0.2, -0.15) is 0 Å². The Labute approximate surface area is 146 Å². The number of rotatable bonds is 3. The van der Waals surface area contributed by atoms with Gasteiger partial charge in [-0.15, -0.1) is 0 Å². The van der Waals surface area contributed by atoms with Crippen molar-refractivity contribution in [2.45, 2.75) is 71.9 Å². The summed E-state index contributed by atoms with van der Waals surface area (Å²) < 4.78 is 5.51. The predicted octanol–water partition coefficient (Wildman–Crippen LogP) is 4.76. The van der Waals surface area contributed by atoms with Crippen LogP contribution in [0.25, 0.3) is 0 Å². The van der Waals surface area contributed by atoms with Crippen LogP contribution < -0.4 is 5.32 Å². The van der Waals surface area contributed by atoms with Gasteiger partial charge in [-0.05, 0) is 64.5 Å². The zero-order chi connectivity index (χ0) is 17.7. The van der Waals surface area contributed by atoms with E-state index in [0.717, 1.165) is 38.8 Å². The summed E-state index contributed by atoms with van der Waals surface area (Å²) in [5.74, 6) is 0. The molecule has 1 fully saturated rings. The Balaban J connectivity index is 1.98. The molecule has 0 aromatic heterocycles. The Hall–Kier alpha value is -1.71. The van der Waals surface area contributed by atoms with Crippen LogP contribution in [0.15, 0.2) is 18.2 Å². The highest BCUT2D eigenvalue weighted by molar-refractivity contribution is 5.68. The van der Waals surface area contributed by atoms with E-state index in [1.807, 2.05) is 25.7 Å². The van der Waals surface area contributed by atoms with E-state index in [1.165, 1.54) is 16.8 Å². The predicted molar refractivity (Wildman–Crippen MR) is 99.6 cm³/mol. The van der Waals surface area contributed by atoms with Crippen LogP contribution in [0.1, 0.15) is 58.1 Å². The fourth-order valence-electron chi connectivity index (χ4n) is 3.18. The Morgan fingerprint density at radius 2 is 2.04 bits per heavy atom. The fourth-order valence-corrected chi connectivity index (χ4v) is 3.18. The van der Waals surface area contributed by atoms with Crippen LogP contribution in [-0.2, 0) is 11.2 Å². The number of benzene rings is 1. The van der Waals surface area contributed by atoms with Crippen molar-refractivity contribution in [1.82, 2.24) is 4.90 Å². The van der Waals surface area contributed by atoms with Crippen LogP contribution in [0.5, 0.6) is 0 Å². The number of anilines is 1. The Morgan fingerprint density at radius 1 is 1.29 bits per heavy atom. The summed E-state index contributed by atoms with van der Waals surface area (Å²) in [5.41, 5.74) is 3.50. The van der Waals surface area contributed by atoms with Gasteiger partial charge in [-0.1, -0.05) is 25.1 Å². The van der Waals surface area contributed by atoms with Crippen LogP contribution in [-0.4, -0.2) is 35.7 Å². The molecular weight excluding hydrogens is 300 g/mol. The molecule has 1 unspecified atom stereocenters. The lowest BCUT2D eigenvalue weighted by Gasteiger charge is -2.26. The molecule has 0 radical (unpaired) electrons. The third-order valence-corrected chi connectivity index (χ3v) is 4.47. The molecular formula is C20H32N2O2. The van der Waals surface area contributed by atoms with Gasteiger partial charge in [0.1, 0.15) is 5.60 Å². The summed E-state index contributed by atoms with van der Waals surface area (Å²) in [6.07, 6.45) is 3.88. The average Bonchev–Trinajstić information content (AvgIpc) is 2.73. The van der Waals surface area contributed by atoms with Gasteiger partial charge in [-0.3, -0.25) is 0 Å². The molecule has 0 saturated carbocycles. The first-order valence-electron chi connectivity index (χ1n) is 9.13. The van der Waals surface area contributed by atoms with E-state index in [2.05, 4.69) is 37.4 Å². The molecule has 24 heavy (non-hydrogen) atoms. The zero-order valence-corrected chi connectivity index (χ0v) is 15.8. The smallest absolute Gasteiger partial charge is 0.410 e. The second-order valence-electron chi connectivity index (χ2n) is 7.70. The largest absolute Gasteiger partial charge is 0.444 e. The van der Waals surface area contributed by atoms with Crippen LogP contribution in [0.2, 0.25) is 0 Å². The summed E-state index contributed by atoms with van der Waals surface area (Å²) >= 11 is 0. The summed E-state index contributed by atoms with van der Waals surface area (Å²) in [6, 6.07) is 6.88. The lowest BCUT2D eigenvalue weighted by molar-refractivity contribution is 0.0256. The number of amides is 1. The number of nitrogens with one attached hydrogen (secondary N) is 1. The number of carbonyl (C=O) groups excluding carboxylic acids is 1. The number of nitrogens with zero attached hydrogens (tertiary/aromatic N) is 1. The fraction of sp³-hybridized carbons (Fsp3) is 0.650. The number of carbonyl (C=O) groups is 1. The molecule has 1 atom stereocenters. The number of ether oxygens (including phenoxy) is 1. The molecule has 1 heterocycles. The van der Waals surface area contributed by atoms with Gasteiger partial charge < -0.3 is 15.0 Å². The van der Waals surface area contributed by atoms with E-state index in [1.54, 1.807) is 0 Å². The quantitative estimate of drug-likeness (QED) is 0.868. The molecule has 2 rings (SSSR count). The number of hydrogen-bond donors (Lipinski definition) is 1. The van der Waals surface area contributed by atoms with Crippen LogP contribution in [0, 0.1) is 6.92 Å². The maximum atomic E-state index is 12.3. The Morgan fingerprint density at radius 3 is 2.71 bits per heavy atom. The average molecular weight is 332 g/mol. The lowest BCUT2D eigenvalue weighted by Crippen LogP contribution is -2.37. The number of likely N-dealkylation sites (tertiary alicyclic amines) is 1. The van der Waals surface area contributed by atoms with Crippen LogP contribution >= 0.6 is 0 Å². The van der Waals surface area contributed by atoms with Crippen LogP contribution in [0.4, 0.5) is 10.5 Å². The van der Waals surface area contributed by atoms with Gasteiger partial charge in [0.2, 0.25) is 0 Å². The standard InChI is InChI=1S/C20H32N2O2/c1-6-16-10-7-9-15(2)18(16)21-17-11-8-13-22(14-12-17)19(23)24-20(3,4)5/h7,9-10,17,21H,6,8,11-14H2,1-5H3. The topological polar surface area (TPSA) is 41.6 Å². The number of para-hydroxylation sites is 1. The highest BCUT2D eigenvalue weighted by Crippen LogP contribution is 2.25. The summed E-state index contributed by atoms with van der Waals surface area (Å²) in [4.78, 5) is 14.1. The third kappa shape index (κ3) is 5.15. The van der Waals surface area contributed by atoms with Crippen molar-refractivity contribution in [2.75, 3.05) is 18.4 Å². The molecule has 4 heteroatoms. The van der Waals surface area contributed by atoms with Crippen molar-refractivity contribution in [3.8, 4) is 0 Å². The third-order valence-electron chi connectivity index (χ3n) is 4.47. The Kier molecular flexibility index (Phi) is 6.14. The Bertz CT molecular complexity index is 563. The minimum absolute atomic E-state index is 0.187. The molecule has 1 amide bonds. The zero-order valence-electron chi connectivity index (χ0n) is 15.8. The monoisotopic (exact) mass is 332 g/mol. The molecule has 1 aliphatic heterocycles. The van der Waals surface area contributed by atoms with E-state index in [0.29, 0.717) is 6.04 Å². The van der Waals surface area contributed by atoms with E-state index >= 15 is 0 Å². The maximum absolute atomic E-state index is 12.3. The van der Waals surface area contributed by atoms with Gasteiger partial charge in [0.25, 0.3) is 0 Å². The second kappa shape index (κ2) is 7.91. The molecule has 134 valence electrons. The lowest BCUT2D eigenvalue weighted by atomic mass is 10.0. The molecule has 1 aromatic carbocycles.